The van der Waals surface area contributed by atoms with Crippen molar-refractivity contribution in [1.82, 2.24) is 15.3 Å². The molecule has 18 heavy (non-hydrogen) atoms. The first kappa shape index (κ1) is 13.0. The second-order valence-corrected chi connectivity index (χ2v) is 5.03. The molecule has 0 fully saturated rings. The number of hydrogen-bond acceptors (Lipinski definition) is 5. The monoisotopic (exact) mass is 263 g/mol. The molecule has 2 rings (SSSR count). The number of aromatic nitrogens is 2. The van der Waals surface area contributed by atoms with Gasteiger partial charge in [-0.3, -0.25) is 4.98 Å². The van der Waals surface area contributed by atoms with Gasteiger partial charge in [-0.2, -0.15) is 0 Å². The van der Waals surface area contributed by atoms with E-state index in [1.54, 1.807) is 30.8 Å². The molecule has 0 bridgehead atoms. The third-order valence-electron chi connectivity index (χ3n) is 2.76. The molecule has 1 atom stereocenters. The van der Waals surface area contributed by atoms with Crippen LogP contribution < -0.4 is 10.1 Å². The highest BCUT2D eigenvalue weighted by Gasteiger charge is 2.20. The Labute approximate surface area is 111 Å². The SMILES string of the molecule is CCc1ccc(C(NC)c2nccnc2OC)s1. The first-order chi connectivity index (χ1) is 8.80. The summed E-state index contributed by atoms with van der Waals surface area (Å²) in [5, 5.41) is 3.27. The van der Waals surface area contributed by atoms with Crippen LogP contribution in [0.25, 0.3) is 0 Å². The standard InChI is InChI=1S/C13H17N3OS/c1-4-9-5-6-10(18-9)11(14-2)12-13(17-3)16-8-7-15-12/h5-8,11,14H,4H2,1-3H3. The number of hydrogen-bond donors (Lipinski definition) is 1. The van der Waals surface area contributed by atoms with E-state index in [-0.39, 0.29) is 6.04 Å². The molecule has 2 aromatic rings. The van der Waals surface area contributed by atoms with E-state index < -0.39 is 0 Å². The molecule has 0 aliphatic carbocycles. The van der Waals surface area contributed by atoms with Gasteiger partial charge in [0.25, 0.3) is 0 Å². The van der Waals surface area contributed by atoms with Gasteiger partial charge in [-0.15, -0.1) is 11.3 Å². The normalized spacial score (nSPS) is 12.4. The van der Waals surface area contributed by atoms with Crippen molar-refractivity contribution in [2.24, 2.45) is 0 Å². The maximum absolute atomic E-state index is 5.27. The molecule has 0 radical (unpaired) electrons. The average molecular weight is 263 g/mol. The van der Waals surface area contributed by atoms with Crippen LogP contribution in [0.1, 0.15) is 28.4 Å². The summed E-state index contributed by atoms with van der Waals surface area (Å²) in [7, 11) is 3.54. The van der Waals surface area contributed by atoms with Crippen LogP contribution in [0.5, 0.6) is 5.88 Å². The fourth-order valence-electron chi connectivity index (χ4n) is 1.84. The lowest BCUT2D eigenvalue weighted by atomic mass is 10.1. The molecule has 0 saturated heterocycles. The van der Waals surface area contributed by atoms with Gasteiger partial charge >= 0.3 is 0 Å². The fourth-order valence-corrected chi connectivity index (χ4v) is 2.91. The molecule has 0 aliphatic heterocycles. The summed E-state index contributed by atoms with van der Waals surface area (Å²) in [5.41, 5.74) is 0.826. The largest absolute Gasteiger partial charge is 0.480 e. The van der Waals surface area contributed by atoms with Gasteiger partial charge in [0.15, 0.2) is 0 Å². The minimum atomic E-state index is 0.0268. The van der Waals surface area contributed by atoms with Crippen molar-refractivity contribution in [1.29, 1.82) is 0 Å². The fraction of sp³-hybridized carbons (Fsp3) is 0.385. The molecule has 4 nitrogen and oxygen atoms in total. The van der Waals surface area contributed by atoms with E-state index in [2.05, 4.69) is 34.3 Å². The zero-order valence-electron chi connectivity index (χ0n) is 10.8. The van der Waals surface area contributed by atoms with Crippen molar-refractivity contribution in [2.75, 3.05) is 14.2 Å². The van der Waals surface area contributed by atoms with Gasteiger partial charge in [0.05, 0.1) is 13.2 Å². The van der Waals surface area contributed by atoms with Crippen LogP contribution in [-0.2, 0) is 6.42 Å². The molecule has 0 aliphatic rings. The Morgan fingerprint density at radius 3 is 2.72 bits per heavy atom. The maximum atomic E-state index is 5.27. The lowest BCUT2D eigenvalue weighted by Crippen LogP contribution is -2.19. The molecule has 0 saturated carbocycles. The molecule has 0 spiro atoms. The van der Waals surface area contributed by atoms with Crippen molar-refractivity contribution in [3.63, 3.8) is 0 Å². The molecule has 5 heteroatoms. The number of rotatable bonds is 5. The van der Waals surface area contributed by atoms with Gasteiger partial charge in [0.1, 0.15) is 5.69 Å². The van der Waals surface area contributed by atoms with Gasteiger partial charge in [-0.05, 0) is 25.6 Å². The lowest BCUT2D eigenvalue weighted by Gasteiger charge is -2.15. The predicted molar refractivity (Wildman–Crippen MR) is 73.2 cm³/mol. The third kappa shape index (κ3) is 2.52. The Hall–Kier alpha value is -1.46. The number of ether oxygens (including phenoxy) is 1. The van der Waals surface area contributed by atoms with Crippen molar-refractivity contribution in [3.8, 4) is 5.88 Å². The quantitative estimate of drug-likeness (QED) is 0.900. The zero-order chi connectivity index (χ0) is 13.0. The summed E-state index contributed by atoms with van der Waals surface area (Å²) in [6, 6.07) is 4.32. The number of nitrogens with one attached hydrogen (secondary N) is 1. The summed E-state index contributed by atoms with van der Waals surface area (Å²) in [4.78, 5) is 11.2. The number of thiophene rings is 1. The van der Waals surface area contributed by atoms with E-state index >= 15 is 0 Å². The third-order valence-corrected chi connectivity index (χ3v) is 4.06. The maximum Gasteiger partial charge on any atom is 0.237 e. The highest BCUT2D eigenvalue weighted by molar-refractivity contribution is 7.12. The number of methoxy groups -OCH3 is 1. The Morgan fingerprint density at radius 2 is 2.11 bits per heavy atom. The molecule has 1 unspecified atom stereocenters. The van der Waals surface area contributed by atoms with Crippen LogP contribution in [0.15, 0.2) is 24.5 Å². The van der Waals surface area contributed by atoms with Gasteiger partial charge in [-0.25, -0.2) is 4.98 Å². The van der Waals surface area contributed by atoms with Crippen molar-refractivity contribution < 1.29 is 4.74 Å². The average Bonchev–Trinajstić information content (AvgIpc) is 2.89. The van der Waals surface area contributed by atoms with Gasteiger partial charge < -0.3 is 10.1 Å². The summed E-state index contributed by atoms with van der Waals surface area (Å²) < 4.78 is 5.27. The van der Waals surface area contributed by atoms with Crippen LogP contribution >= 0.6 is 11.3 Å². The highest BCUT2D eigenvalue weighted by Crippen LogP contribution is 2.30. The second kappa shape index (κ2) is 5.93. The van der Waals surface area contributed by atoms with Crippen molar-refractivity contribution in [3.05, 3.63) is 40.0 Å². The molecular weight excluding hydrogens is 246 g/mol. The molecule has 0 aromatic carbocycles. The first-order valence-corrected chi connectivity index (χ1v) is 6.72. The predicted octanol–water partition coefficient (Wildman–Crippen LogP) is 2.42. The van der Waals surface area contributed by atoms with Gasteiger partial charge in [0, 0.05) is 22.1 Å². The smallest absolute Gasteiger partial charge is 0.237 e. The van der Waals surface area contributed by atoms with E-state index in [9.17, 15) is 0 Å². The summed E-state index contributed by atoms with van der Waals surface area (Å²) >= 11 is 1.79. The zero-order valence-corrected chi connectivity index (χ0v) is 11.6. The van der Waals surface area contributed by atoms with E-state index in [0.717, 1.165) is 12.1 Å². The molecule has 96 valence electrons. The minimum absolute atomic E-state index is 0.0268. The molecule has 0 amide bonds. The van der Waals surface area contributed by atoms with Crippen molar-refractivity contribution in [2.45, 2.75) is 19.4 Å². The van der Waals surface area contributed by atoms with Crippen molar-refractivity contribution >= 4 is 11.3 Å². The minimum Gasteiger partial charge on any atom is -0.480 e. The van der Waals surface area contributed by atoms with E-state index in [1.807, 2.05) is 7.05 Å². The van der Waals surface area contributed by atoms with Crippen LogP contribution in [0.4, 0.5) is 0 Å². The summed E-state index contributed by atoms with van der Waals surface area (Å²) in [6.45, 7) is 2.16. The lowest BCUT2D eigenvalue weighted by molar-refractivity contribution is 0.384. The van der Waals surface area contributed by atoms with Gasteiger partial charge in [0.2, 0.25) is 5.88 Å². The Morgan fingerprint density at radius 1 is 1.33 bits per heavy atom. The highest BCUT2D eigenvalue weighted by atomic mass is 32.1. The van der Waals surface area contributed by atoms with Crippen LogP contribution in [0, 0.1) is 0 Å². The van der Waals surface area contributed by atoms with E-state index in [1.165, 1.54) is 9.75 Å². The van der Waals surface area contributed by atoms with Crippen LogP contribution in [-0.4, -0.2) is 24.1 Å². The second-order valence-electron chi connectivity index (χ2n) is 3.83. The van der Waals surface area contributed by atoms with Crippen LogP contribution in [0.2, 0.25) is 0 Å². The van der Waals surface area contributed by atoms with Crippen LogP contribution in [0.3, 0.4) is 0 Å². The number of aryl methyl sites for hydroxylation is 1. The Kier molecular flexibility index (Phi) is 4.28. The van der Waals surface area contributed by atoms with E-state index in [0.29, 0.717) is 5.88 Å². The topological polar surface area (TPSA) is 47.0 Å². The van der Waals surface area contributed by atoms with E-state index in [4.69, 9.17) is 4.74 Å². The summed E-state index contributed by atoms with van der Waals surface area (Å²) in [6.07, 6.45) is 4.39. The number of nitrogens with zero attached hydrogens (tertiary/aromatic N) is 2. The van der Waals surface area contributed by atoms with Gasteiger partial charge in [-0.1, -0.05) is 6.92 Å². The molecule has 2 heterocycles. The Balaban J connectivity index is 2.38. The molecule has 2 aromatic heterocycles. The molecular formula is C13H17N3OS. The Bertz CT molecular complexity index is 512. The summed E-state index contributed by atoms with van der Waals surface area (Å²) in [5.74, 6) is 0.572. The first-order valence-electron chi connectivity index (χ1n) is 5.90. The molecule has 1 N–H and O–H groups in total.